The molecule has 196 valence electrons. The summed E-state index contributed by atoms with van der Waals surface area (Å²) in [5.74, 6) is 1.90. The Bertz CT molecular complexity index is 1390. The van der Waals surface area contributed by atoms with Crippen molar-refractivity contribution >= 4 is 17.3 Å². The zero-order valence-corrected chi connectivity index (χ0v) is 22.2. The number of carbonyl (C=O) groups is 2. The predicted octanol–water partition coefficient (Wildman–Crippen LogP) is 5.34. The van der Waals surface area contributed by atoms with Crippen molar-refractivity contribution in [3.8, 4) is 11.6 Å². The van der Waals surface area contributed by atoms with Crippen LogP contribution in [0.25, 0.3) is 5.57 Å². The maximum atomic E-state index is 12.2. The standard InChI is InChI=1S/C31H33N3O4/c1-4-26(35)21-13-14-22(27(17-21)37-3)18-28-33-25-16-15-24(19-9-11-20(12-10-19)30(36)32-2)29(25)31(34-28)38-23-7-5-6-8-23/h9-15,17,23H,4-8,16,18H2,1-3H3,(H,32,36). The Morgan fingerprint density at radius 3 is 2.45 bits per heavy atom. The summed E-state index contributed by atoms with van der Waals surface area (Å²) in [6.45, 7) is 1.85. The molecule has 7 heteroatoms. The SMILES string of the molecule is CCC(=O)c1ccc(Cc2nc3c(c(OC4CCCC4)n2)C(c2ccc(C(=O)NC)cc2)=CC3)c(OC)c1. The molecule has 1 aromatic heterocycles. The first-order valence-electron chi connectivity index (χ1n) is 13.3. The Balaban J connectivity index is 1.49. The van der Waals surface area contributed by atoms with Crippen LogP contribution in [0.5, 0.6) is 11.6 Å². The molecule has 1 amide bonds. The zero-order chi connectivity index (χ0) is 26.6. The van der Waals surface area contributed by atoms with Crippen LogP contribution in [0.2, 0.25) is 0 Å². The van der Waals surface area contributed by atoms with Crippen molar-refractivity contribution in [3.63, 3.8) is 0 Å². The fourth-order valence-electron chi connectivity index (χ4n) is 5.23. The van der Waals surface area contributed by atoms with E-state index in [-0.39, 0.29) is 17.8 Å². The molecule has 0 atom stereocenters. The van der Waals surface area contributed by atoms with Crippen LogP contribution in [0.4, 0.5) is 0 Å². The highest BCUT2D eigenvalue weighted by molar-refractivity contribution is 5.96. The van der Waals surface area contributed by atoms with E-state index in [4.69, 9.17) is 19.4 Å². The third-order valence-corrected chi connectivity index (χ3v) is 7.31. The van der Waals surface area contributed by atoms with E-state index in [2.05, 4.69) is 11.4 Å². The summed E-state index contributed by atoms with van der Waals surface area (Å²) in [7, 11) is 3.24. The smallest absolute Gasteiger partial charge is 0.251 e. The van der Waals surface area contributed by atoms with Crippen LogP contribution in [0.1, 0.15) is 88.0 Å². The molecule has 7 nitrogen and oxygen atoms in total. The van der Waals surface area contributed by atoms with Gasteiger partial charge in [-0.2, -0.15) is 4.98 Å². The highest BCUT2D eigenvalue weighted by atomic mass is 16.5. The number of amides is 1. The Hall–Kier alpha value is -4.00. The van der Waals surface area contributed by atoms with Gasteiger partial charge in [-0.25, -0.2) is 4.98 Å². The fraction of sp³-hybridized carbons (Fsp3) is 0.355. The molecule has 1 heterocycles. The summed E-state index contributed by atoms with van der Waals surface area (Å²) in [5.41, 5.74) is 6.08. The van der Waals surface area contributed by atoms with E-state index < -0.39 is 0 Å². The van der Waals surface area contributed by atoms with Gasteiger partial charge in [0.05, 0.1) is 18.4 Å². The van der Waals surface area contributed by atoms with Crippen LogP contribution in [-0.4, -0.2) is 41.9 Å². The van der Waals surface area contributed by atoms with Crippen molar-refractivity contribution in [2.24, 2.45) is 0 Å². The molecule has 1 saturated carbocycles. The molecule has 38 heavy (non-hydrogen) atoms. The van der Waals surface area contributed by atoms with Crippen molar-refractivity contribution in [3.05, 3.63) is 87.9 Å². The molecule has 2 aliphatic rings. The second kappa shape index (κ2) is 11.2. The summed E-state index contributed by atoms with van der Waals surface area (Å²) in [5, 5.41) is 2.66. The van der Waals surface area contributed by atoms with Gasteiger partial charge in [-0.3, -0.25) is 9.59 Å². The summed E-state index contributed by atoms with van der Waals surface area (Å²) >= 11 is 0. The van der Waals surface area contributed by atoms with Crippen molar-refractivity contribution in [2.45, 2.75) is 58.0 Å². The van der Waals surface area contributed by atoms with Gasteiger partial charge in [-0.05, 0) is 55.0 Å². The molecule has 2 aromatic carbocycles. The highest BCUT2D eigenvalue weighted by Gasteiger charge is 2.27. The van der Waals surface area contributed by atoms with Gasteiger partial charge in [-0.15, -0.1) is 0 Å². The quantitative estimate of drug-likeness (QED) is 0.390. The Morgan fingerprint density at radius 2 is 1.76 bits per heavy atom. The van der Waals surface area contributed by atoms with E-state index in [0.29, 0.717) is 47.8 Å². The lowest BCUT2D eigenvalue weighted by molar-refractivity contribution is 0.0960. The molecular weight excluding hydrogens is 478 g/mol. The van der Waals surface area contributed by atoms with Crippen molar-refractivity contribution in [2.75, 3.05) is 14.2 Å². The average molecular weight is 512 g/mol. The zero-order valence-electron chi connectivity index (χ0n) is 22.2. The third kappa shape index (κ3) is 5.19. The summed E-state index contributed by atoms with van der Waals surface area (Å²) < 4.78 is 12.1. The number of aromatic nitrogens is 2. The molecule has 0 unspecified atom stereocenters. The van der Waals surface area contributed by atoms with Gasteiger partial charge in [0.25, 0.3) is 5.91 Å². The topological polar surface area (TPSA) is 90.4 Å². The monoisotopic (exact) mass is 511 g/mol. The lowest BCUT2D eigenvalue weighted by atomic mass is 9.99. The molecule has 3 aromatic rings. The molecule has 0 bridgehead atoms. The van der Waals surface area contributed by atoms with Crippen LogP contribution < -0.4 is 14.8 Å². The van der Waals surface area contributed by atoms with Crippen molar-refractivity contribution < 1.29 is 19.1 Å². The van der Waals surface area contributed by atoms with E-state index in [1.54, 1.807) is 20.2 Å². The minimum atomic E-state index is -0.113. The van der Waals surface area contributed by atoms with Crippen LogP contribution in [-0.2, 0) is 12.8 Å². The van der Waals surface area contributed by atoms with Crippen LogP contribution in [0.3, 0.4) is 0 Å². The summed E-state index contributed by atoms with van der Waals surface area (Å²) in [4.78, 5) is 34.0. The van der Waals surface area contributed by atoms with Crippen molar-refractivity contribution in [1.29, 1.82) is 0 Å². The van der Waals surface area contributed by atoms with E-state index in [9.17, 15) is 9.59 Å². The van der Waals surface area contributed by atoms with Crippen molar-refractivity contribution in [1.82, 2.24) is 15.3 Å². The number of Topliss-reactive ketones (excluding diaryl/α,β-unsaturated/α-hetero) is 1. The largest absolute Gasteiger partial charge is 0.496 e. The minimum absolute atomic E-state index is 0.0813. The molecule has 0 radical (unpaired) electrons. The molecule has 5 rings (SSSR count). The molecular formula is C31H33N3O4. The van der Waals surface area contributed by atoms with Gasteiger partial charge in [0, 0.05) is 43.0 Å². The summed E-state index contributed by atoms with van der Waals surface area (Å²) in [6.07, 6.45) is 8.27. The molecule has 2 aliphatic carbocycles. The fourth-order valence-corrected chi connectivity index (χ4v) is 5.23. The number of hydrogen-bond donors (Lipinski definition) is 1. The number of benzene rings is 2. The van der Waals surface area contributed by atoms with Gasteiger partial charge in [-0.1, -0.05) is 37.3 Å². The van der Waals surface area contributed by atoms with E-state index >= 15 is 0 Å². The van der Waals surface area contributed by atoms with Crippen LogP contribution in [0, 0.1) is 0 Å². The van der Waals surface area contributed by atoms with E-state index in [0.717, 1.165) is 53.6 Å². The maximum absolute atomic E-state index is 12.2. The maximum Gasteiger partial charge on any atom is 0.251 e. The number of nitrogens with one attached hydrogen (secondary N) is 1. The first-order valence-corrected chi connectivity index (χ1v) is 13.3. The highest BCUT2D eigenvalue weighted by Crippen LogP contribution is 2.39. The molecule has 1 N–H and O–H groups in total. The number of carbonyl (C=O) groups excluding carboxylic acids is 2. The number of hydrogen-bond acceptors (Lipinski definition) is 6. The second-order valence-electron chi connectivity index (χ2n) is 9.75. The van der Waals surface area contributed by atoms with E-state index in [1.165, 1.54) is 0 Å². The van der Waals surface area contributed by atoms with Gasteiger partial charge in [0.2, 0.25) is 5.88 Å². The lowest BCUT2D eigenvalue weighted by Gasteiger charge is -2.18. The Morgan fingerprint density at radius 1 is 1.03 bits per heavy atom. The lowest BCUT2D eigenvalue weighted by Crippen LogP contribution is -2.17. The molecule has 0 saturated heterocycles. The Labute approximate surface area is 223 Å². The summed E-state index contributed by atoms with van der Waals surface area (Å²) in [6, 6.07) is 13.2. The molecule has 0 aliphatic heterocycles. The van der Waals surface area contributed by atoms with Gasteiger partial charge in [0.1, 0.15) is 17.7 Å². The average Bonchev–Trinajstić information content (AvgIpc) is 3.62. The van der Waals surface area contributed by atoms with Crippen LogP contribution in [0.15, 0.2) is 48.5 Å². The number of ether oxygens (including phenoxy) is 2. The Kier molecular flexibility index (Phi) is 7.54. The van der Waals surface area contributed by atoms with Gasteiger partial charge < -0.3 is 14.8 Å². The first-order chi connectivity index (χ1) is 18.5. The van der Waals surface area contributed by atoms with Gasteiger partial charge >= 0.3 is 0 Å². The van der Waals surface area contributed by atoms with E-state index in [1.807, 2.05) is 43.3 Å². The molecule has 1 fully saturated rings. The predicted molar refractivity (Wildman–Crippen MR) is 146 cm³/mol. The number of fused-ring (bicyclic) bond motifs is 1. The molecule has 0 spiro atoms. The number of ketones is 1. The normalized spacial score (nSPS) is 14.7. The second-order valence-corrected chi connectivity index (χ2v) is 9.75. The van der Waals surface area contributed by atoms with Gasteiger partial charge in [0.15, 0.2) is 5.78 Å². The number of allylic oxidation sites excluding steroid dienone is 1. The van der Waals surface area contributed by atoms with Crippen LogP contribution >= 0.6 is 0 Å². The minimum Gasteiger partial charge on any atom is -0.496 e. The third-order valence-electron chi connectivity index (χ3n) is 7.31. The number of nitrogens with zero attached hydrogens (tertiary/aromatic N) is 2. The number of rotatable bonds is 9. The number of methoxy groups -OCH3 is 1. The first kappa shape index (κ1) is 25.6.